The highest BCUT2D eigenvalue weighted by atomic mass is 16.6. The number of nitrogens with zero attached hydrogens (tertiary/aromatic N) is 3. The molecule has 0 bridgehead atoms. The minimum Gasteiger partial charge on any atom is -0.464 e. The van der Waals surface area contributed by atoms with Gasteiger partial charge in [-0.2, -0.15) is 0 Å². The summed E-state index contributed by atoms with van der Waals surface area (Å²) < 4.78 is 6.60. The molecule has 1 N–H and O–H groups in total. The summed E-state index contributed by atoms with van der Waals surface area (Å²) in [7, 11) is 0. The summed E-state index contributed by atoms with van der Waals surface area (Å²) in [5.41, 5.74) is 0.517. The predicted molar refractivity (Wildman–Crippen MR) is 92.6 cm³/mol. The van der Waals surface area contributed by atoms with E-state index < -0.39 is 17.8 Å². The molecule has 1 amide bonds. The van der Waals surface area contributed by atoms with Gasteiger partial charge in [0.15, 0.2) is 0 Å². The molecule has 3 rings (SSSR count). The van der Waals surface area contributed by atoms with E-state index in [0.29, 0.717) is 18.6 Å². The van der Waals surface area contributed by atoms with E-state index in [9.17, 15) is 14.7 Å². The van der Waals surface area contributed by atoms with Crippen molar-refractivity contribution in [3.63, 3.8) is 0 Å². The fourth-order valence-electron chi connectivity index (χ4n) is 2.98. The van der Waals surface area contributed by atoms with E-state index in [-0.39, 0.29) is 6.04 Å². The predicted octanol–water partition coefficient (Wildman–Crippen LogP) is 3.80. The number of hydrogen-bond acceptors (Lipinski definition) is 4. The molecule has 7 nitrogen and oxygen atoms in total. The van der Waals surface area contributed by atoms with E-state index in [1.165, 1.54) is 0 Å². The van der Waals surface area contributed by atoms with Crippen molar-refractivity contribution in [3.8, 4) is 0 Å². The zero-order valence-corrected chi connectivity index (χ0v) is 14.5. The van der Waals surface area contributed by atoms with Crippen LogP contribution in [-0.2, 0) is 4.74 Å². The van der Waals surface area contributed by atoms with E-state index in [0.717, 1.165) is 15.5 Å². The maximum absolute atomic E-state index is 12.6. The number of rotatable bonds is 1. The van der Waals surface area contributed by atoms with E-state index in [4.69, 9.17) is 4.74 Å². The summed E-state index contributed by atoms with van der Waals surface area (Å²) in [6, 6.07) is 3.28. The molecule has 0 saturated heterocycles. The van der Waals surface area contributed by atoms with Gasteiger partial charge in [-0.1, -0.05) is 12.2 Å². The molecular weight excluding hydrogens is 322 g/mol. The van der Waals surface area contributed by atoms with Gasteiger partial charge in [0, 0.05) is 29.9 Å². The highest BCUT2D eigenvalue weighted by Gasteiger charge is 2.32. The van der Waals surface area contributed by atoms with E-state index in [2.05, 4.69) is 4.98 Å². The van der Waals surface area contributed by atoms with Crippen molar-refractivity contribution in [3.05, 3.63) is 42.2 Å². The minimum atomic E-state index is -1.11. The maximum Gasteiger partial charge on any atom is 0.417 e. The van der Waals surface area contributed by atoms with E-state index >= 15 is 0 Å². The van der Waals surface area contributed by atoms with Gasteiger partial charge < -0.3 is 9.84 Å². The number of amides is 1. The zero-order valence-electron chi connectivity index (χ0n) is 14.5. The van der Waals surface area contributed by atoms with E-state index in [1.807, 2.05) is 39.0 Å². The molecule has 1 atom stereocenters. The topological polar surface area (TPSA) is 84.7 Å². The average Bonchev–Trinajstić information content (AvgIpc) is 2.93. The lowest BCUT2D eigenvalue weighted by molar-refractivity contribution is 0.0177. The van der Waals surface area contributed by atoms with Crippen LogP contribution in [0.3, 0.4) is 0 Å². The summed E-state index contributed by atoms with van der Waals surface area (Å²) in [5, 5.41) is 10.1. The van der Waals surface area contributed by atoms with Crippen molar-refractivity contribution in [1.82, 2.24) is 14.5 Å². The van der Waals surface area contributed by atoms with Crippen LogP contribution in [0, 0.1) is 0 Å². The summed E-state index contributed by atoms with van der Waals surface area (Å²) in [6.45, 7) is 5.87. The third-order valence-corrected chi connectivity index (χ3v) is 3.99. The smallest absolute Gasteiger partial charge is 0.417 e. The molecule has 2 aromatic rings. The maximum atomic E-state index is 12.6. The van der Waals surface area contributed by atoms with Gasteiger partial charge in [-0.15, -0.1) is 0 Å². The highest BCUT2D eigenvalue weighted by molar-refractivity contribution is 5.89. The molecule has 1 unspecified atom stereocenters. The van der Waals surface area contributed by atoms with Gasteiger partial charge >= 0.3 is 12.2 Å². The molecule has 2 aromatic heterocycles. The van der Waals surface area contributed by atoms with Gasteiger partial charge in [0.2, 0.25) is 0 Å². The van der Waals surface area contributed by atoms with Crippen molar-refractivity contribution in [1.29, 1.82) is 0 Å². The molecule has 0 radical (unpaired) electrons. The Balaban J connectivity index is 2.04. The molecule has 0 aliphatic carbocycles. The molecule has 0 fully saturated rings. The van der Waals surface area contributed by atoms with Gasteiger partial charge in [0.25, 0.3) is 0 Å². The van der Waals surface area contributed by atoms with E-state index in [1.54, 1.807) is 23.4 Å². The molecule has 0 aromatic carbocycles. The Morgan fingerprint density at radius 3 is 2.76 bits per heavy atom. The molecular formula is C18H21N3O4. The summed E-state index contributed by atoms with van der Waals surface area (Å²) in [6.07, 6.45) is 6.07. The normalized spacial score (nSPS) is 17.7. The molecule has 7 heteroatoms. The first-order valence-corrected chi connectivity index (χ1v) is 8.12. The SMILES string of the molecule is CC(C)(C)OC(=O)N1CC=CCC1c1cn(C(=O)O)c2ncccc12. The second kappa shape index (κ2) is 6.23. The quantitative estimate of drug-likeness (QED) is 0.796. The van der Waals surface area contributed by atoms with Crippen molar-refractivity contribution < 1.29 is 19.4 Å². The van der Waals surface area contributed by atoms with Crippen molar-refractivity contribution >= 4 is 23.2 Å². The van der Waals surface area contributed by atoms with Crippen molar-refractivity contribution in [2.45, 2.75) is 38.8 Å². The van der Waals surface area contributed by atoms with Crippen LogP contribution >= 0.6 is 0 Å². The fraction of sp³-hybridized carbons (Fsp3) is 0.389. The van der Waals surface area contributed by atoms with Crippen molar-refractivity contribution in [2.75, 3.05) is 6.54 Å². The summed E-state index contributed by atoms with van der Waals surface area (Å²) in [5.74, 6) is 0. The van der Waals surface area contributed by atoms with Gasteiger partial charge in [0.1, 0.15) is 11.2 Å². The Morgan fingerprint density at radius 2 is 2.08 bits per heavy atom. The largest absolute Gasteiger partial charge is 0.464 e. The number of carboxylic acid groups (broad SMARTS) is 1. The monoisotopic (exact) mass is 343 g/mol. The lowest BCUT2D eigenvalue weighted by atomic mass is 9.99. The number of hydrogen-bond donors (Lipinski definition) is 1. The number of carbonyl (C=O) groups excluding carboxylic acids is 1. The van der Waals surface area contributed by atoms with Gasteiger partial charge in [0.05, 0.1) is 6.04 Å². The van der Waals surface area contributed by atoms with Crippen LogP contribution in [0.2, 0.25) is 0 Å². The Morgan fingerprint density at radius 1 is 1.32 bits per heavy atom. The number of ether oxygens (including phenoxy) is 1. The van der Waals surface area contributed by atoms with Gasteiger partial charge in [-0.05, 0) is 39.3 Å². The molecule has 25 heavy (non-hydrogen) atoms. The summed E-state index contributed by atoms with van der Waals surface area (Å²) in [4.78, 5) is 29.9. The Kier molecular flexibility index (Phi) is 4.24. The number of carbonyl (C=O) groups is 2. The molecule has 0 saturated carbocycles. The first kappa shape index (κ1) is 17.0. The zero-order chi connectivity index (χ0) is 18.2. The molecule has 1 aliphatic rings. The Hall–Kier alpha value is -2.83. The molecule has 132 valence electrons. The van der Waals surface area contributed by atoms with Crippen LogP contribution in [0.25, 0.3) is 11.0 Å². The molecule has 0 spiro atoms. The van der Waals surface area contributed by atoms with Crippen LogP contribution in [-0.4, -0.2) is 43.9 Å². The Labute approximate surface area is 145 Å². The van der Waals surface area contributed by atoms with Crippen LogP contribution in [0.5, 0.6) is 0 Å². The standard InChI is InChI=1S/C18H21N3O4/c1-18(2,3)25-17(24)20-10-5-4-8-14(20)13-11-21(16(22)23)15-12(13)7-6-9-19-15/h4-7,9,11,14H,8,10H2,1-3H3,(H,22,23). The Bertz CT molecular complexity index is 848. The van der Waals surface area contributed by atoms with Crippen LogP contribution < -0.4 is 0 Å². The fourth-order valence-corrected chi connectivity index (χ4v) is 2.98. The van der Waals surface area contributed by atoms with Crippen LogP contribution in [0.15, 0.2) is 36.7 Å². The first-order chi connectivity index (χ1) is 11.8. The number of pyridine rings is 1. The lowest BCUT2D eigenvalue weighted by Crippen LogP contribution is -2.40. The summed E-state index contributed by atoms with van der Waals surface area (Å²) >= 11 is 0. The van der Waals surface area contributed by atoms with Crippen molar-refractivity contribution in [2.24, 2.45) is 0 Å². The van der Waals surface area contributed by atoms with Crippen LogP contribution in [0.4, 0.5) is 9.59 Å². The van der Waals surface area contributed by atoms with Gasteiger partial charge in [-0.3, -0.25) is 4.90 Å². The third-order valence-electron chi connectivity index (χ3n) is 3.99. The second-order valence-corrected chi connectivity index (χ2v) is 6.97. The van der Waals surface area contributed by atoms with Gasteiger partial charge in [-0.25, -0.2) is 19.1 Å². The van der Waals surface area contributed by atoms with Crippen LogP contribution in [0.1, 0.15) is 38.8 Å². The average molecular weight is 343 g/mol. The third kappa shape index (κ3) is 3.35. The highest BCUT2D eigenvalue weighted by Crippen LogP contribution is 2.34. The molecule has 3 heterocycles. The first-order valence-electron chi connectivity index (χ1n) is 8.12. The second-order valence-electron chi connectivity index (χ2n) is 6.97. The number of fused-ring (bicyclic) bond motifs is 1. The minimum absolute atomic E-state index is 0.299. The number of aromatic nitrogens is 2. The molecule has 1 aliphatic heterocycles. The lowest BCUT2D eigenvalue weighted by Gasteiger charge is -2.34.